The zero-order valence-corrected chi connectivity index (χ0v) is 7.52. The van der Waals surface area contributed by atoms with E-state index in [0.29, 0.717) is 5.82 Å². The SMILES string of the molecule is Cn1c(N)c2c(nc1=O)SCC2. The van der Waals surface area contributed by atoms with Gasteiger partial charge < -0.3 is 5.73 Å². The highest BCUT2D eigenvalue weighted by atomic mass is 32.2. The van der Waals surface area contributed by atoms with Crippen molar-refractivity contribution >= 4 is 17.6 Å². The summed E-state index contributed by atoms with van der Waals surface area (Å²) in [7, 11) is 1.65. The Labute approximate surface area is 73.8 Å². The van der Waals surface area contributed by atoms with Gasteiger partial charge in [-0.15, -0.1) is 11.8 Å². The Morgan fingerprint density at radius 3 is 3.17 bits per heavy atom. The zero-order chi connectivity index (χ0) is 8.72. The van der Waals surface area contributed by atoms with Crippen molar-refractivity contribution in [1.29, 1.82) is 0 Å². The quantitative estimate of drug-likeness (QED) is 0.576. The van der Waals surface area contributed by atoms with Gasteiger partial charge in [-0.2, -0.15) is 4.98 Å². The molecule has 1 aliphatic rings. The average molecular weight is 183 g/mol. The Morgan fingerprint density at radius 1 is 1.67 bits per heavy atom. The summed E-state index contributed by atoms with van der Waals surface area (Å²) in [6, 6.07) is 0. The number of anilines is 1. The third-order valence-electron chi connectivity index (χ3n) is 2.00. The van der Waals surface area contributed by atoms with Gasteiger partial charge in [0.15, 0.2) is 0 Å². The zero-order valence-electron chi connectivity index (χ0n) is 6.70. The predicted octanol–water partition coefficient (Wildman–Crippen LogP) is 0.0107. The number of nitrogens with zero attached hydrogens (tertiary/aromatic N) is 2. The summed E-state index contributed by atoms with van der Waals surface area (Å²) in [5.41, 5.74) is 6.51. The number of nitrogen functional groups attached to an aromatic ring is 1. The molecule has 0 saturated heterocycles. The lowest BCUT2D eigenvalue weighted by atomic mass is 10.2. The molecule has 1 aliphatic heterocycles. The largest absolute Gasteiger partial charge is 0.385 e. The van der Waals surface area contributed by atoms with Gasteiger partial charge in [-0.3, -0.25) is 4.57 Å². The number of hydrogen-bond donors (Lipinski definition) is 1. The molecule has 2 N–H and O–H groups in total. The van der Waals surface area contributed by atoms with Gasteiger partial charge in [0.05, 0.1) is 0 Å². The molecule has 0 saturated carbocycles. The lowest BCUT2D eigenvalue weighted by Crippen LogP contribution is -2.24. The molecule has 2 rings (SSSR count). The fraction of sp³-hybridized carbons (Fsp3) is 0.429. The van der Waals surface area contributed by atoms with Crippen molar-refractivity contribution in [3.05, 3.63) is 16.0 Å². The molecule has 12 heavy (non-hydrogen) atoms. The van der Waals surface area contributed by atoms with E-state index in [2.05, 4.69) is 4.98 Å². The number of rotatable bonds is 0. The maximum Gasteiger partial charge on any atom is 0.349 e. The second-order valence-corrected chi connectivity index (χ2v) is 3.80. The van der Waals surface area contributed by atoms with Crippen LogP contribution in [-0.2, 0) is 13.5 Å². The van der Waals surface area contributed by atoms with Gasteiger partial charge in [0.2, 0.25) is 0 Å². The molecule has 5 heteroatoms. The van der Waals surface area contributed by atoms with E-state index in [-0.39, 0.29) is 5.69 Å². The van der Waals surface area contributed by atoms with Crippen molar-refractivity contribution in [2.24, 2.45) is 7.05 Å². The Hall–Kier alpha value is -0.970. The molecule has 64 valence electrons. The van der Waals surface area contributed by atoms with E-state index in [0.717, 1.165) is 22.8 Å². The van der Waals surface area contributed by atoms with E-state index < -0.39 is 0 Å². The smallest absolute Gasteiger partial charge is 0.349 e. The summed E-state index contributed by atoms with van der Waals surface area (Å²) in [5.74, 6) is 1.55. The highest BCUT2D eigenvalue weighted by molar-refractivity contribution is 7.99. The van der Waals surface area contributed by atoms with Crippen molar-refractivity contribution in [2.75, 3.05) is 11.5 Å². The molecule has 1 aromatic heterocycles. The van der Waals surface area contributed by atoms with Crippen molar-refractivity contribution < 1.29 is 0 Å². The Kier molecular flexibility index (Phi) is 1.61. The van der Waals surface area contributed by atoms with E-state index in [4.69, 9.17) is 5.73 Å². The number of fused-ring (bicyclic) bond motifs is 1. The maximum atomic E-state index is 11.2. The minimum absolute atomic E-state index is 0.263. The number of nitrogens with two attached hydrogens (primary N) is 1. The molecule has 4 nitrogen and oxygen atoms in total. The molecule has 0 amide bonds. The first kappa shape index (κ1) is 7.67. The van der Waals surface area contributed by atoms with Gasteiger partial charge >= 0.3 is 5.69 Å². The lowest BCUT2D eigenvalue weighted by Gasteiger charge is -2.05. The fourth-order valence-corrected chi connectivity index (χ4v) is 2.27. The molecular formula is C7H9N3OS. The molecule has 0 unspecified atom stereocenters. The maximum absolute atomic E-state index is 11.2. The topological polar surface area (TPSA) is 60.9 Å². The van der Waals surface area contributed by atoms with Gasteiger partial charge in [-0.05, 0) is 6.42 Å². The van der Waals surface area contributed by atoms with Crippen LogP contribution < -0.4 is 11.4 Å². The third kappa shape index (κ3) is 0.929. The normalized spacial score (nSPS) is 14.8. The Balaban J connectivity index is 2.76. The molecule has 0 fully saturated rings. The number of aromatic nitrogens is 2. The molecule has 0 aliphatic carbocycles. The van der Waals surface area contributed by atoms with Crippen molar-refractivity contribution in [2.45, 2.75) is 11.4 Å². The summed E-state index contributed by atoms with van der Waals surface area (Å²) in [4.78, 5) is 15.1. The third-order valence-corrected chi connectivity index (χ3v) is 3.02. The molecule has 0 atom stereocenters. The summed E-state index contributed by atoms with van der Waals surface area (Å²) in [5, 5.41) is 0.815. The second-order valence-electron chi connectivity index (χ2n) is 2.72. The van der Waals surface area contributed by atoms with Crippen molar-refractivity contribution in [3.8, 4) is 0 Å². The first-order valence-corrected chi connectivity index (χ1v) is 4.67. The van der Waals surface area contributed by atoms with Crippen LogP contribution in [0.25, 0.3) is 0 Å². The van der Waals surface area contributed by atoms with Crippen LogP contribution in [0.3, 0.4) is 0 Å². The van der Waals surface area contributed by atoms with Gasteiger partial charge in [0, 0.05) is 18.4 Å². The molecule has 0 radical (unpaired) electrons. The first-order valence-electron chi connectivity index (χ1n) is 3.68. The molecule has 1 aromatic rings. The summed E-state index contributed by atoms with van der Waals surface area (Å²) in [6.45, 7) is 0. The van der Waals surface area contributed by atoms with Crippen molar-refractivity contribution in [3.63, 3.8) is 0 Å². The van der Waals surface area contributed by atoms with Crippen LogP contribution in [0.4, 0.5) is 5.82 Å². The van der Waals surface area contributed by atoms with Crippen LogP contribution in [0.15, 0.2) is 9.82 Å². The van der Waals surface area contributed by atoms with Crippen molar-refractivity contribution in [1.82, 2.24) is 9.55 Å². The summed E-state index contributed by atoms with van der Waals surface area (Å²) in [6.07, 6.45) is 0.924. The number of hydrogen-bond acceptors (Lipinski definition) is 4. The van der Waals surface area contributed by atoms with E-state index in [1.165, 1.54) is 4.57 Å². The van der Waals surface area contributed by atoms with E-state index >= 15 is 0 Å². The van der Waals surface area contributed by atoms with Gasteiger partial charge in [-0.25, -0.2) is 4.79 Å². The molecule has 2 heterocycles. The standard InChI is InChI=1S/C7H9N3OS/c1-10-5(8)4-2-3-12-6(4)9-7(10)11/h2-3,8H2,1H3. The van der Waals surface area contributed by atoms with Gasteiger partial charge in [-0.1, -0.05) is 0 Å². The summed E-state index contributed by atoms with van der Waals surface area (Å²) >= 11 is 1.60. The van der Waals surface area contributed by atoms with Crippen LogP contribution >= 0.6 is 11.8 Å². The molecule has 0 bridgehead atoms. The highest BCUT2D eigenvalue weighted by Crippen LogP contribution is 2.30. The van der Waals surface area contributed by atoms with E-state index in [1.54, 1.807) is 18.8 Å². The summed E-state index contributed by atoms with van der Waals surface area (Å²) < 4.78 is 1.39. The van der Waals surface area contributed by atoms with Crippen LogP contribution in [-0.4, -0.2) is 15.3 Å². The predicted molar refractivity (Wildman–Crippen MR) is 48.3 cm³/mol. The molecule has 0 spiro atoms. The van der Waals surface area contributed by atoms with Gasteiger partial charge in [0.1, 0.15) is 10.8 Å². The minimum atomic E-state index is -0.263. The van der Waals surface area contributed by atoms with Crippen LogP contribution in [0, 0.1) is 0 Å². The Bertz CT molecular complexity index is 385. The second kappa shape index (κ2) is 2.52. The first-order chi connectivity index (χ1) is 5.70. The average Bonchev–Trinajstić information content (AvgIpc) is 2.48. The van der Waals surface area contributed by atoms with E-state index in [9.17, 15) is 4.79 Å². The molecular weight excluding hydrogens is 174 g/mol. The van der Waals surface area contributed by atoms with Crippen LogP contribution in [0.2, 0.25) is 0 Å². The monoisotopic (exact) mass is 183 g/mol. The minimum Gasteiger partial charge on any atom is -0.385 e. The highest BCUT2D eigenvalue weighted by Gasteiger charge is 2.18. The Morgan fingerprint density at radius 2 is 2.42 bits per heavy atom. The van der Waals surface area contributed by atoms with Crippen LogP contribution in [0.1, 0.15) is 5.56 Å². The van der Waals surface area contributed by atoms with E-state index in [1.807, 2.05) is 0 Å². The number of thioether (sulfide) groups is 1. The fourth-order valence-electron chi connectivity index (χ4n) is 1.25. The lowest BCUT2D eigenvalue weighted by molar-refractivity contribution is 0.778. The van der Waals surface area contributed by atoms with Gasteiger partial charge in [0.25, 0.3) is 0 Å². The van der Waals surface area contributed by atoms with Crippen LogP contribution in [0.5, 0.6) is 0 Å². The molecule has 0 aromatic carbocycles.